The maximum absolute atomic E-state index is 11.4. The second-order valence-electron chi connectivity index (χ2n) is 5.07. The molecule has 0 amide bonds. The van der Waals surface area contributed by atoms with Crippen molar-refractivity contribution in [2.24, 2.45) is 5.92 Å². The van der Waals surface area contributed by atoms with Crippen molar-refractivity contribution in [1.29, 1.82) is 0 Å². The number of carbonyl (C=O) groups excluding carboxylic acids is 1. The number of ketones is 1. The number of carbonyl (C=O) groups is 1. The Morgan fingerprint density at radius 3 is 2.93 bits per heavy atom. The van der Waals surface area contributed by atoms with Crippen molar-refractivity contribution in [3.8, 4) is 0 Å². The molecule has 1 heteroatoms. The molecule has 0 unspecified atom stereocenters. The van der Waals surface area contributed by atoms with Crippen LogP contribution in [0.15, 0.2) is 11.6 Å². The lowest BCUT2D eigenvalue weighted by Crippen LogP contribution is -2.04. The van der Waals surface area contributed by atoms with Crippen molar-refractivity contribution in [1.82, 2.24) is 0 Å². The van der Waals surface area contributed by atoms with Gasteiger partial charge in [0.25, 0.3) is 0 Å². The van der Waals surface area contributed by atoms with Gasteiger partial charge in [-0.1, -0.05) is 24.5 Å². The molecule has 0 radical (unpaired) electrons. The molecule has 0 aromatic carbocycles. The van der Waals surface area contributed by atoms with Gasteiger partial charge in [0.05, 0.1) is 0 Å². The third-order valence-corrected chi connectivity index (χ3v) is 3.20. The van der Waals surface area contributed by atoms with Crippen LogP contribution in [0.1, 0.15) is 65.2 Å². The molecule has 1 fully saturated rings. The maximum atomic E-state index is 11.4. The SMILES string of the molecule is CC(C)=CCCC[C@@H]1CCCCC(=O)C1. The van der Waals surface area contributed by atoms with Crippen LogP contribution in [0.25, 0.3) is 0 Å². The second-order valence-corrected chi connectivity index (χ2v) is 5.07. The van der Waals surface area contributed by atoms with E-state index in [1.807, 2.05) is 0 Å². The highest BCUT2D eigenvalue weighted by atomic mass is 16.1. The Bertz CT molecular complexity index is 223. The van der Waals surface area contributed by atoms with Gasteiger partial charge in [-0.05, 0) is 45.4 Å². The summed E-state index contributed by atoms with van der Waals surface area (Å²) >= 11 is 0. The lowest BCUT2D eigenvalue weighted by atomic mass is 9.94. The van der Waals surface area contributed by atoms with Gasteiger partial charge >= 0.3 is 0 Å². The molecule has 0 aliphatic heterocycles. The minimum Gasteiger partial charge on any atom is -0.300 e. The Hall–Kier alpha value is -0.590. The van der Waals surface area contributed by atoms with Gasteiger partial charge in [0.2, 0.25) is 0 Å². The molecule has 0 heterocycles. The molecule has 0 aromatic heterocycles. The molecule has 1 aliphatic rings. The fourth-order valence-electron chi connectivity index (χ4n) is 2.32. The molecule has 0 bridgehead atoms. The Kier molecular flexibility index (Phi) is 5.67. The van der Waals surface area contributed by atoms with Gasteiger partial charge < -0.3 is 0 Å². The third kappa shape index (κ3) is 5.76. The number of rotatable bonds is 4. The number of allylic oxidation sites excluding steroid dienone is 2. The van der Waals surface area contributed by atoms with Crippen LogP contribution in [-0.4, -0.2) is 5.78 Å². The number of Topliss-reactive ketones (excluding diaryl/α,β-unsaturated/α-hetero) is 1. The summed E-state index contributed by atoms with van der Waals surface area (Å²) in [6.07, 6.45) is 11.4. The molecule has 1 aliphatic carbocycles. The fraction of sp³-hybridized carbons (Fsp3) is 0.786. The highest BCUT2D eigenvalue weighted by Gasteiger charge is 2.16. The minimum atomic E-state index is 0.500. The van der Waals surface area contributed by atoms with E-state index in [9.17, 15) is 4.79 Å². The first-order chi connectivity index (χ1) is 7.18. The van der Waals surface area contributed by atoms with E-state index >= 15 is 0 Å². The van der Waals surface area contributed by atoms with E-state index in [0.717, 1.165) is 19.3 Å². The quantitative estimate of drug-likeness (QED) is 0.383. The van der Waals surface area contributed by atoms with Crippen LogP contribution in [0, 0.1) is 5.92 Å². The van der Waals surface area contributed by atoms with Gasteiger partial charge in [-0.25, -0.2) is 0 Å². The highest BCUT2D eigenvalue weighted by Crippen LogP contribution is 2.25. The second kappa shape index (κ2) is 6.81. The van der Waals surface area contributed by atoms with Crippen molar-refractivity contribution in [2.75, 3.05) is 0 Å². The van der Waals surface area contributed by atoms with E-state index < -0.39 is 0 Å². The molecule has 1 saturated carbocycles. The van der Waals surface area contributed by atoms with Crippen LogP contribution in [0.5, 0.6) is 0 Å². The first kappa shape index (κ1) is 12.5. The number of hydrogen-bond acceptors (Lipinski definition) is 1. The first-order valence-corrected chi connectivity index (χ1v) is 6.33. The first-order valence-electron chi connectivity index (χ1n) is 6.33. The van der Waals surface area contributed by atoms with E-state index in [4.69, 9.17) is 0 Å². The Balaban J connectivity index is 2.19. The molecule has 0 spiro atoms. The highest BCUT2D eigenvalue weighted by molar-refractivity contribution is 5.78. The zero-order chi connectivity index (χ0) is 11.1. The molecule has 86 valence electrons. The van der Waals surface area contributed by atoms with E-state index in [1.54, 1.807) is 0 Å². The molecule has 0 N–H and O–H groups in total. The van der Waals surface area contributed by atoms with Crippen LogP contribution >= 0.6 is 0 Å². The van der Waals surface area contributed by atoms with Gasteiger partial charge in [0.15, 0.2) is 0 Å². The lowest BCUT2D eigenvalue weighted by molar-refractivity contribution is -0.119. The Morgan fingerprint density at radius 2 is 2.20 bits per heavy atom. The molecule has 15 heavy (non-hydrogen) atoms. The Labute approximate surface area is 93.9 Å². The van der Waals surface area contributed by atoms with Gasteiger partial charge in [-0.2, -0.15) is 0 Å². The monoisotopic (exact) mass is 208 g/mol. The zero-order valence-electron chi connectivity index (χ0n) is 10.2. The predicted molar refractivity (Wildman–Crippen MR) is 64.9 cm³/mol. The standard InChI is InChI=1S/C14H24O/c1-12(2)7-3-4-8-13-9-5-6-10-14(15)11-13/h7,13H,3-6,8-11H2,1-2H3/t13-/m1/s1. The zero-order valence-corrected chi connectivity index (χ0v) is 10.2. The molecule has 1 atom stereocenters. The number of unbranched alkanes of at least 4 members (excludes halogenated alkanes) is 1. The van der Waals surface area contributed by atoms with Gasteiger partial charge in [-0.15, -0.1) is 0 Å². The van der Waals surface area contributed by atoms with Crippen LogP contribution in [-0.2, 0) is 4.79 Å². The molecule has 0 saturated heterocycles. The van der Waals surface area contributed by atoms with Crippen LogP contribution in [0.2, 0.25) is 0 Å². The lowest BCUT2D eigenvalue weighted by Gasteiger charge is -2.11. The summed E-state index contributed by atoms with van der Waals surface area (Å²) in [5.41, 5.74) is 1.41. The van der Waals surface area contributed by atoms with Crippen LogP contribution in [0.4, 0.5) is 0 Å². The normalized spacial score (nSPS) is 22.3. The third-order valence-electron chi connectivity index (χ3n) is 3.20. The van der Waals surface area contributed by atoms with Gasteiger partial charge in [-0.3, -0.25) is 4.79 Å². The largest absolute Gasteiger partial charge is 0.300 e. The average Bonchev–Trinajstić information content (AvgIpc) is 2.37. The summed E-state index contributed by atoms with van der Waals surface area (Å²) in [6.45, 7) is 4.30. The summed E-state index contributed by atoms with van der Waals surface area (Å²) in [4.78, 5) is 11.4. The van der Waals surface area contributed by atoms with E-state index in [0.29, 0.717) is 11.7 Å². The summed E-state index contributed by atoms with van der Waals surface area (Å²) in [6, 6.07) is 0. The molecular weight excluding hydrogens is 184 g/mol. The Morgan fingerprint density at radius 1 is 1.40 bits per heavy atom. The summed E-state index contributed by atoms with van der Waals surface area (Å²) in [5.74, 6) is 1.19. The van der Waals surface area contributed by atoms with Crippen LogP contribution in [0.3, 0.4) is 0 Å². The van der Waals surface area contributed by atoms with Crippen molar-refractivity contribution >= 4 is 5.78 Å². The van der Waals surface area contributed by atoms with E-state index in [-0.39, 0.29) is 0 Å². The maximum Gasteiger partial charge on any atom is 0.133 e. The number of hydrogen-bond donors (Lipinski definition) is 0. The van der Waals surface area contributed by atoms with E-state index in [1.165, 1.54) is 37.7 Å². The van der Waals surface area contributed by atoms with Crippen molar-refractivity contribution in [3.05, 3.63) is 11.6 Å². The van der Waals surface area contributed by atoms with E-state index in [2.05, 4.69) is 19.9 Å². The summed E-state index contributed by atoms with van der Waals surface area (Å²) in [7, 11) is 0. The van der Waals surface area contributed by atoms with Crippen molar-refractivity contribution in [3.63, 3.8) is 0 Å². The smallest absolute Gasteiger partial charge is 0.133 e. The fourth-order valence-corrected chi connectivity index (χ4v) is 2.32. The molecule has 0 aromatic rings. The average molecular weight is 208 g/mol. The van der Waals surface area contributed by atoms with Gasteiger partial charge in [0.1, 0.15) is 5.78 Å². The predicted octanol–water partition coefficient (Wildman–Crippen LogP) is 4.27. The molecule has 1 rings (SSSR count). The van der Waals surface area contributed by atoms with Crippen molar-refractivity contribution in [2.45, 2.75) is 65.2 Å². The minimum absolute atomic E-state index is 0.500. The molecular formula is C14H24O. The summed E-state index contributed by atoms with van der Waals surface area (Å²) < 4.78 is 0. The van der Waals surface area contributed by atoms with Crippen LogP contribution < -0.4 is 0 Å². The van der Waals surface area contributed by atoms with Gasteiger partial charge in [0, 0.05) is 12.8 Å². The van der Waals surface area contributed by atoms with Crippen molar-refractivity contribution < 1.29 is 4.79 Å². The topological polar surface area (TPSA) is 17.1 Å². The molecule has 1 nitrogen and oxygen atoms in total. The summed E-state index contributed by atoms with van der Waals surface area (Å²) in [5, 5.41) is 0.